The van der Waals surface area contributed by atoms with Crippen LogP contribution in [0.2, 0.25) is 0 Å². The molecular formula is C21H23FN4O3S. The van der Waals surface area contributed by atoms with E-state index in [0.717, 1.165) is 34.8 Å². The van der Waals surface area contributed by atoms with Gasteiger partial charge in [-0.15, -0.1) is 0 Å². The molecule has 2 aromatic carbocycles. The van der Waals surface area contributed by atoms with Crippen molar-refractivity contribution in [2.24, 2.45) is 0 Å². The van der Waals surface area contributed by atoms with Crippen molar-refractivity contribution in [1.29, 1.82) is 0 Å². The third-order valence-corrected chi connectivity index (χ3v) is 6.09. The largest absolute Gasteiger partial charge is 0.334 e. The Labute approximate surface area is 175 Å². The average Bonchev–Trinajstić information content (AvgIpc) is 2.66. The van der Waals surface area contributed by atoms with E-state index < -0.39 is 21.7 Å². The fraction of sp³-hybridized carbons (Fsp3) is 0.286. The SMILES string of the molecule is Cc1nc(CN(C)C(=O)c2cc(S(=O)(=O)NC(C)C)ccc2F)nc2ccccc12. The van der Waals surface area contributed by atoms with Crippen molar-refractivity contribution < 1.29 is 17.6 Å². The van der Waals surface area contributed by atoms with Gasteiger partial charge in [-0.1, -0.05) is 18.2 Å². The average molecular weight is 431 g/mol. The van der Waals surface area contributed by atoms with Gasteiger partial charge < -0.3 is 4.90 Å². The molecular weight excluding hydrogens is 407 g/mol. The van der Waals surface area contributed by atoms with Gasteiger partial charge in [0.1, 0.15) is 11.6 Å². The first-order valence-corrected chi connectivity index (χ1v) is 10.9. The highest BCUT2D eigenvalue weighted by Crippen LogP contribution is 2.19. The van der Waals surface area contributed by atoms with E-state index in [9.17, 15) is 17.6 Å². The highest BCUT2D eigenvalue weighted by atomic mass is 32.2. The van der Waals surface area contributed by atoms with E-state index in [1.165, 1.54) is 11.9 Å². The van der Waals surface area contributed by atoms with Crippen LogP contribution < -0.4 is 4.72 Å². The molecule has 1 heterocycles. The van der Waals surface area contributed by atoms with Crippen LogP contribution in [0, 0.1) is 12.7 Å². The molecule has 0 radical (unpaired) electrons. The molecule has 0 saturated heterocycles. The number of amides is 1. The molecule has 0 bridgehead atoms. The zero-order chi connectivity index (χ0) is 22.1. The monoisotopic (exact) mass is 430 g/mol. The van der Waals surface area contributed by atoms with E-state index in [0.29, 0.717) is 5.82 Å². The molecule has 0 spiro atoms. The van der Waals surface area contributed by atoms with Crippen LogP contribution in [0.25, 0.3) is 10.9 Å². The fourth-order valence-corrected chi connectivity index (χ4v) is 4.35. The van der Waals surface area contributed by atoms with Gasteiger partial charge in [0.05, 0.1) is 22.5 Å². The number of carbonyl (C=O) groups excluding carboxylic acids is 1. The summed E-state index contributed by atoms with van der Waals surface area (Å²) in [5, 5.41) is 0.914. The predicted octanol–water partition coefficient (Wildman–Crippen LogP) is 3.04. The lowest BCUT2D eigenvalue weighted by Crippen LogP contribution is -2.31. The molecule has 1 amide bonds. The number of fused-ring (bicyclic) bond motifs is 1. The molecule has 1 N–H and O–H groups in total. The Morgan fingerprint density at radius 1 is 1.17 bits per heavy atom. The van der Waals surface area contributed by atoms with Crippen molar-refractivity contribution in [3.05, 3.63) is 65.4 Å². The summed E-state index contributed by atoms with van der Waals surface area (Å²) in [5.74, 6) is -1.05. The van der Waals surface area contributed by atoms with Gasteiger partial charge >= 0.3 is 0 Å². The van der Waals surface area contributed by atoms with E-state index in [1.807, 2.05) is 31.2 Å². The molecule has 0 aliphatic carbocycles. The molecule has 0 saturated carbocycles. The number of hydrogen-bond acceptors (Lipinski definition) is 5. The van der Waals surface area contributed by atoms with E-state index in [1.54, 1.807) is 13.8 Å². The summed E-state index contributed by atoms with van der Waals surface area (Å²) in [6.07, 6.45) is 0. The molecule has 3 rings (SSSR count). The Hall–Kier alpha value is -2.91. The summed E-state index contributed by atoms with van der Waals surface area (Å²) < 4.78 is 41.5. The molecule has 0 aliphatic rings. The number of nitrogens with zero attached hydrogens (tertiary/aromatic N) is 3. The van der Waals surface area contributed by atoms with Crippen molar-refractivity contribution in [2.75, 3.05) is 7.05 Å². The molecule has 1 aromatic heterocycles. The van der Waals surface area contributed by atoms with Gasteiger partial charge in [-0.2, -0.15) is 0 Å². The second-order valence-electron chi connectivity index (χ2n) is 7.32. The number of carbonyl (C=O) groups is 1. The molecule has 0 aliphatic heterocycles. The summed E-state index contributed by atoms with van der Waals surface area (Å²) in [4.78, 5) is 22.8. The van der Waals surface area contributed by atoms with E-state index in [-0.39, 0.29) is 23.0 Å². The second kappa shape index (κ2) is 8.45. The highest BCUT2D eigenvalue weighted by Gasteiger charge is 2.22. The predicted molar refractivity (Wildman–Crippen MR) is 112 cm³/mol. The number of sulfonamides is 1. The summed E-state index contributed by atoms with van der Waals surface area (Å²) in [6.45, 7) is 5.25. The van der Waals surface area contributed by atoms with Crippen LogP contribution in [-0.2, 0) is 16.6 Å². The Bertz CT molecular complexity index is 1210. The summed E-state index contributed by atoms with van der Waals surface area (Å²) in [6, 6.07) is 10.3. The topological polar surface area (TPSA) is 92.3 Å². The lowest BCUT2D eigenvalue weighted by Gasteiger charge is -2.18. The maximum absolute atomic E-state index is 14.3. The maximum Gasteiger partial charge on any atom is 0.257 e. The number of aromatic nitrogens is 2. The van der Waals surface area contributed by atoms with Crippen LogP contribution in [-0.4, -0.2) is 42.3 Å². The van der Waals surface area contributed by atoms with Crippen LogP contribution in [0.5, 0.6) is 0 Å². The van der Waals surface area contributed by atoms with E-state index >= 15 is 0 Å². The number of para-hydroxylation sites is 1. The number of benzene rings is 2. The number of nitrogens with one attached hydrogen (secondary N) is 1. The number of aryl methyl sites for hydroxylation is 1. The molecule has 9 heteroatoms. The van der Waals surface area contributed by atoms with Crippen molar-refractivity contribution in [2.45, 2.75) is 38.3 Å². The molecule has 3 aromatic rings. The first-order chi connectivity index (χ1) is 14.1. The number of hydrogen-bond donors (Lipinski definition) is 1. The summed E-state index contributed by atoms with van der Waals surface area (Å²) in [7, 11) is -2.37. The molecule has 0 unspecified atom stereocenters. The Morgan fingerprint density at radius 2 is 1.87 bits per heavy atom. The smallest absolute Gasteiger partial charge is 0.257 e. The lowest BCUT2D eigenvalue weighted by atomic mass is 10.2. The molecule has 7 nitrogen and oxygen atoms in total. The number of halogens is 1. The first kappa shape index (κ1) is 21.8. The maximum atomic E-state index is 14.3. The third kappa shape index (κ3) is 4.63. The van der Waals surface area contributed by atoms with Crippen LogP contribution >= 0.6 is 0 Å². The van der Waals surface area contributed by atoms with Gasteiger partial charge in [0, 0.05) is 24.2 Å². The van der Waals surface area contributed by atoms with Crippen molar-refractivity contribution in [3.63, 3.8) is 0 Å². The van der Waals surface area contributed by atoms with Gasteiger partial charge in [0.2, 0.25) is 10.0 Å². The summed E-state index contributed by atoms with van der Waals surface area (Å²) >= 11 is 0. The van der Waals surface area contributed by atoms with Crippen LogP contribution in [0.15, 0.2) is 47.4 Å². The van der Waals surface area contributed by atoms with Gasteiger partial charge in [-0.3, -0.25) is 4.79 Å². The lowest BCUT2D eigenvalue weighted by molar-refractivity contribution is 0.0776. The van der Waals surface area contributed by atoms with Crippen LogP contribution in [0.1, 0.15) is 35.7 Å². The van der Waals surface area contributed by atoms with Gasteiger partial charge in [0.15, 0.2) is 0 Å². The fourth-order valence-electron chi connectivity index (χ4n) is 3.07. The summed E-state index contributed by atoms with van der Waals surface area (Å²) in [5.41, 5.74) is 1.19. The van der Waals surface area contributed by atoms with Crippen LogP contribution in [0.3, 0.4) is 0 Å². The van der Waals surface area contributed by atoms with Gasteiger partial charge in [-0.05, 0) is 45.0 Å². The Balaban J connectivity index is 1.88. The highest BCUT2D eigenvalue weighted by molar-refractivity contribution is 7.89. The normalized spacial score (nSPS) is 11.8. The quantitative estimate of drug-likeness (QED) is 0.649. The van der Waals surface area contributed by atoms with Crippen molar-refractivity contribution in [3.8, 4) is 0 Å². The molecule has 0 fully saturated rings. The van der Waals surface area contributed by atoms with E-state index in [4.69, 9.17) is 0 Å². The van der Waals surface area contributed by atoms with Crippen molar-refractivity contribution >= 4 is 26.8 Å². The van der Waals surface area contributed by atoms with Gasteiger partial charge in [-0.25, -0.2) is 27.5 Å². The Morgan fingerprint density at radius 3 is 2.57 bits per heavy atom. The molecule has 0 atom stereocenters. The standard InChI is InChI=1S/C21H23FN4O3S/c1-13(2)25-30(28,29)15-9-10-18(22)17(11-15)21(27)26(4)12-20-23-14(3)16-7-5-6-8-19(16)24-20/h5-11,13,25H,12H2,1-4H3. The first-order valence-electron chi connectivity index (χ1n) is 9.38. The Kier molecular flexibility index (Phi) is 6.14. The van der Waals surface area contributed by atoms with E-state index in [2.05, 4.69) is 14.7 Å². The van der Waals surface area contributed by atoms with Gasteiger partial charge in [0.25, 0.3) is 5.91 Å². The van der Waals surface area contributed by atoms with Crippen molar-refractivity contribution in [1.82, 2.24) is 19.6 Å². The number of rotatable bonds is 6. The second-order valence-corrected chi connectivity index (χ2v) is 9.04. The minimum Gasteiger partial charge on any atom is -0.334 e. The minimum absolute atomic E-state index is 0.0468. The van der Waals surface area contributed by atoms with Crippen LogP contribution in [0.4, 0.5) is 4.39 Å². The third-order valence-electron chi connectivity index (χ3n) is 4.43. The minimum atomic E-state index is -3.86. The molecule has 30 heavy (non-hydrogen) atoms. The molecule has 158 valence electrons. The zero-order valence-corrected chi connectivity index (χ0v) is 18.0. The zero-order valence-electron chi connectivity index (χ0n) is 17.2.